The van der Waals surface area contributed by atoms with Crippen LogP contribution in [0.5, 0.6) is 0 Å². The monoisotopic (exact) mass is 386 g/mol. The summed E-state index contributed by atoms with van der Waals surface area (Å²) in [4.78, 5) is 12.3. The molecule has 0 heterocycles. The smallest absolute Gasteiger partial charge is 0.261 e. The molecule has 8 heteroatoms. The Morgan fingerprint density at radius 2 is 1.67 bits per heavy atom. The third-order valence-corrected chi connectivity index (χ3v) is 5.00. The summed E-state index contributed by atoms with van der Waals surface area (Å²) >= 11 is 11.7. The zero-order valence-electron chi connectivity index (χ0n) is 12.8. The van der Waals surface area contributed by atoms with Crippen molar-refractivity contribution in [1.82, 2.24) is 5.32 Å². The number of hydrogen-bond acceptors (Lipinski definition) is 3. The highest BCUT2D eigenvalue weighted by atomic mass is 35.5. The standard InChI is InChI=1S/C16H16Cl2N2O3S/c1-2-9-19-16(21)14-10-12(18)5-8-15(14)20-24(22,23)13-6-3-11(17)4-7-13/h3-8,10,20H,2,9H2,1H3,(H,19,21). The summed E-state index contributed by atoms with van der Waals surface area (Å²) in [5, 5.41) is 3.47. The van der Waals surface area contributed by atoms with E-state index >= 15 is 0 Å². The predicted molar refractivity (Wildman–Crippen MR) is 96.3 cm³/mol. The summed E-state index contributed by atoms with van der Waals surface area (Å²) in [6.07, 6.45) is 0.762. The largest absolute Gasteiger partial charge is 0.352 e. The van der Waals surface area contributed by atoms with Gasteiger partial charge in [-0.1, -0.05) is 30.1 Å². The van der Waals surface area contributed by atoms with Crippen LogP contribution in [0.25, 0.3) is 0 Å². The van der Waals surface area contributed by atoms with E-state index in [1.165, 1.54) is 42.5 Å². The molecule has 0 atom stereocenters. The van der Waals surface area contributed by atoms with Crippen LogP contribution in [0, 0.1) is 0 Å². The minimum atomic E-state index is -3.85. The Morgan fingerprint density at radius 3 is 2.29 bits per heavy atom. The third-order valence-electron chi connectivity index (χ3n) is 3.13. The van der Waals surface area contributed by atoms with Crippen molar-refractivity contribution in [1.29, 1.82) is 0 Å². The number of rotatable bonds is 6. The van der Waals surface area contributed by atoms with Gasteiger partial charge in [-0.2, -0.15) is 0 Å². The van der Waals surface area contributed by atoms with Gasteiger partial charge in [0, 0.05) is 16.6 Å². The summed E-state index contributed by atoms with van der Waals surface area (Å²) in [5.74, 6) is -0.395. The maximum Gasteiger partial charge on any atom is 0.261 e. The van der Waals surface area contributed by atoms with Crippen molar-refractivity contribution in [3.8, 4) is 0 Å². The van der Waals surface area contributed by atoms with Gasteiger partial charge >= 0.3 is 0 Å². The molecule has 0 aliphatic heterocycles. The fraction of sp³-hybridized carbons (Fsp3) is 0.188. The molecule has 2 aromatic carbocycles. The summed E-state index contributed by atoms with van der Waals surface area (Å²) < 4.78 is 27.4. The fourth-order valence-electron chi connectivity index (χ4n) is 1.94. The van der Waals surface area contributed by atoms with Crippen LogP contribution in [-0.4, -0.2) is 20.9 Å². The Kier molecular flexibility index (Phi) is 6.10. The van der Waals surface area contributed by atoms with Crippen LogP contribution in [0.4, 0.5) is 5.69 Å². The first-order chi connectivity index (χ1) is 11.3. The molecular formula is C16H16Cl2N2O3S. The molecule has 0 saturated carbocycles. The Labute approximate surface area is 151 Å². The topological polar surface area (TPSA) is 75.3 Å². The number of carbonyl (C=O) groups excluding carboxylic acids is 1. The van der Waals surface area contributed by atoms with Crippen LogP contribution in [-0.2, 0) is 10.0 Å². The Hall–Kier alpha value is -1.76. The molecule has 0 fully saturated rings. The van der Waals surface area contributed by atoms with Crippen LogP contribution < -0.4 is 10.0 Å². The van der Waals surface area contributed by atoms with E-state index in [0.29, 0.717) is 16.6 Å². The second-order valence-electron chi connectivity index (χ2n) is 5.01. The number of halogens is 2. The quantitative estimate of drug-likeness (QED) is 0.789. The highest BCUT2D eigenvalue weighted by Gasteiger charge is 2.19. The van der Waals surface area contributed by atoms with E-state index in [2.05, 4.69) is 10.0 Å². The van der Waals surface area contributed by atoms with E-state index in [-0.39, 0.29) is 16.1 Å². The maximum atomic E-state index is 12.5. The predicted octanol–water partition coefficient (Wildman–Crippen LogP) is 3.93. The molecule has 128 valence electrons. The van der Waals surface area contributed by atoms with E-state index in [0.717, 1.165) is 6.42 Å². The number of sulfonamides is 1. The van der Waals surface area contributed by atoms with Gasteiger partial charge in [0.05, 0.1) is 16.1 Å². The molecule has 2 N–H and O–H groups in total. The molecule has 0 spiro atoms. The van der Waals surface area contributed by atoms with Gasteiger partial charge in [0.15, 0.2) is 0 Å². The number of benzene rings is 2. The van der Waals surface area contributed by atoms with Gasteiger partial charge in [-0.15, -0.1) is 0 Å². The Balaban J connectivity index is 2.35. The molecule has 1 amide bonds. The maximum absolute atomic E-state index is 12.5. The van der Waals surface area contributed by atoms with Gasteiger partial charge in [0.25, 0.3) is 15.9 Å². The Bertz CT molecular complexity index is 837. The van der Waals surface area contributed by atoms with Crippen molar-refractivity contribution in [2.45, 2.75) is 18.2 Å². The lowest BCUT2D eigenvalue weighted by atomic mass is 10.1. The number of nitrogens with one attached hydrogen (secondary N) is 2. The molecule has 0 bridgehead atoms. The summed E-state index contributed by atoms with van der Waals surface area (Å²) in [7, 11) is -3.85. The minimum absolute atomic E-state index is 0.0433. The van der Waals surface area contributed by atoms with Crippen LogP contribution in [0.15, 0.2) is 47.4 Å². The van der Waals surface area contributed by atoms with Gasteiger partial charge in [0.2, 0.25) is 0 Å². The van der Waals surface area contributed by atoms with E-state index < -0.39 is 15.9 Å². The van der Waals surface area contributed by atoms with Gasteiger partial charge in [-0.05, 0) is 48.9 Å². The van der Waals surface area contributed by atoms with Gasteiger partial charge in [-0.3, -0.25) is 9.52 Å². The first kappa shape index (κ1) is 18.6. The van der Waals surface area contributed by atoms with Gasteiger partial charge in [0.1, 0.15) is 0 Å². The molecule has 0 radical (unpaired) electrons. The second-order valence-corrected chi connectivity index (χ2v) is 7.56. The first-order valence-corrected chi connectivity index (χ1v) is 9.43. The molecule has 2 rings (SSSR count). The number of amides is 1. The SMILES string of the molecule is CCCNC(=O)c1cc(Cl)ccc1NS(=O)(=O)c1ccc(Cl)cc1. The highest BCUT2D eigenvalue weighted by molar-refractivity contribution is 7.92. The van der Waals surface area contributed by atoms with Crippen molar-refractivity contribution in [3.05, 3.63) is 58.1 Å². The fourth-order valence-corrected chi connectivity index (χ4v) is 3.32. The zero-order chi connectivity index (χ0) is 17.7. The van der Waals surface area contributed by atoms with E-state index in [1.807, 2.05) is 6.92 Å². The molecule has 0 saturated heterocycles. The average molecular weight is 387 g/mol. The lowest BCUT2D eigenvalue weighted by Crippen LogP contribution is -2.26. The zero-order valence-corrected chi connectivity index (χ0v) is 15.2. The summed E-state index contributed by atoms with van der Waals surface area (Å²) in [5.41, 5.74) is 0.316. The van der Waals surface area contributed by atoms with Crippen LogP contribution in [0.1, 0.15) is 23.7 Å². The van der Waals surface area contributed by atoms with Crippen molar-refractivity contribution in [2.24, 2.45) is 0 Å². The van der Waals surface area contributed by atoms with Gasteiger partial charge in [-0.25, -0.2) is 8.42 Å². The van der Waals surface area contributed by atoms with E-state index in [9.17, 15) is 13.2 Å². The molecule has 24 heavy (non-hydrogen) atoms. The highest BCUT2D eigenvalue weighted by Crippen LogP contribution is 2.24. The molecule has 0 unspecified atom stereocenters. The van der Waals surface area contributed by atoms with Crippen molar-refractivity contribution >= 4 is 44.8 Å². The van der Waals surface area contributed by atoms with E-state index in [1.54, 1.807) is 0 Å². The first-order valence-electron chi connectivity index (χ1n) is 7.19. The van der Waals surface area contributed by atoms with E-state index in [4.69, 9.17) is 23.2 Å². The van der Waals surface area contributed by atoms with Crippen molar-refractivity contribution in [2.75, 3.05) is 11.3 Å². The molecule has 0 aliphatic carbocycles. The molecule has 0 aromatic heterocycles. The minimum Gasteiger partial charge on any atom is -0.352 e. The van der Waals surface area contributed by atoms with Crippen LogP contribution >= 0.6 is 23.2 Å². The number of anilines is 1. The number of carbonyl (C=O) groups is 1. The molecular weight excluding hydrogens is 371 g/mol. The third kappa shape index (κ3) is 4.63. The van der Waals surface area contributed by atoms with Crippen LogP contribution in [0.3, 0.4) is 0 Å². The molecule has 5 nitrogen and oxygen atoms in total. The average Bonchev–Trinajstić information content (AvgIpc) is 2.54. The Morgan fingerprint density at radius 1 is 1.04 bits per heavy atom. The lowest BCUT2D eigenvalue weighted by molar-refractivity contribution is 0.0954. The second kappa shape index (κ2) is 7.88. The normalized spacial score (nSPS) is 11.1. The number of hydrogen-bond donors (Lipinski definition) is 2. The lowest BCUT2D eigenvalue weighted by Gasteiger charge is -2.13. The summed E-state index contributed by atoms with van der Waals surface area (Å²) in [6, 6.07) is 10.1. The van der Waals surface area contributed by atoms with Gasteiger partial charge < -0.3 is 5.32 Å². The van der Waals surface area contributed by atoms with Crippen LogP contribution in [0.2, 0.25) is 10.0 Å². The molecule has 0 aliphatic rings. The van der Waals surface area contributed by atoms with Crippen molar-refractivity contribution in [3.63, 3.8) is 0 Å². The van der Waals surface area contributed by atoms with Crippen molar-refractivity contribution < 1.29 is 13.2 Å². The summed E-state index contributed by atoms with van der Waals surface area (Å²) in [6.45, 7) is 2.40. The molecule has 2 aromatic rings.